The second-order valence-electron chi connectivity index (χ2n) is 3.97. The van der Waals surface area contributed by atoms with E-state index in [1.54, 1.807) is 18.3 Å². The van der Waals surface area contributed by atoms with Crippen molar-refractivity contribution in [1.82, 2.24) is 14.6 Å². The molecule has 0 aliphatic rings. The number of aliphatic hydroxyl groups excluding tert-OH is 3. The summed E-state index contributed by atoms with van der Waals surface area (Å²) in [6, 6.07) is 3.35. The summed E-state index contributed by atoms with van der Waals surface area (Å²) in [6.07, 6.45) is 1.58. The molecule has 2 aromatic rings. The van der Waals surface area contributed by atoms with Crippen LogP contribution in [0, 0.1) is 0 Å². The van der Waals surface area contributed by atoms with Crippen LogP contribution in [-0.4, -0.2) is 55.3 Å². The van der Waals surface area contributed by atoms with E-state index in [1.807, 2.05) is 0 Å². The van der Waals surface area contributed by atoms with Crippen molar-refractivity contribution in [3.63, 3.8) is 0 Å². The molecule has 18 heavy (non-hydrogen) atoms. The Bertz CT molecular complexity index is 533. The third kappa shape index (κ3) is 2.39. The molecule has 2 heterocycles. The zero-order valence-electron chi connectivity index (χ0n) is 9.41. The molecule has 2 rings (SSSR count). The number of halogens is 1. The Balaban J connectivity index is 2.31. The lowest BCUT2D eigenvalue weighted by molar-refractivity contribution is 0.0828. The molecule has 0 fully saturated rings. The van der Waals surface area contributed by atoms with Gasteiger partial charge in [0.1, 0.15) is 5.54 Å². The molecule has 0 aromatic carbocycles. The molecule has 2 aromatic heterocycles. The average Bonchev–Trinajstić information content (AvgIpc) is 2.77. The van der Waals surface area contributed by atoms with E-state index in [9.17, 15) is 15.3 Å². The van der Waals surface area contributed by atoms with Crippen molar-refractivity contribution >= 4 is 23.2 Å². The third-order valence-electron chi connectivity index (χ3n) is 2.58. The van der Waals surface area contributed by atoms with Gasteiger partial charge < -0.3 is 20.6 Å². The first kappa shape index (κ1) is 13.0. The highest BCUT2D eigenvalue weighted by atomic mass is 35.5. The second-order valence-corrected chi connectivity index (χ2v) is 4.40. The summed E-state index contributed by atoms with van der Waals surface area (Å²) >= 11 is 5.81. The van der Waals surface area contributed by atoms with Gasteiger partial charge in [-0.3, -0.25) is 0 Å². The number of aromatic nitrogens is 3. The summed E-state index contributed by atoms with van der Waals surface area (Å²) in [7, 11) is 0. The molecule has 98 valence electrons. The first-order chi connectivity index (χ1) is 8.62. The van der Waals surface area contributed by atoms with Crippen LogP contribution in [0.2, 0.25) is 5.02 Å². The molecule has 0 unspecified atom stereocenters. The number of nitrogens with zero attached hydrogens (tertiary/aromatic N) is 3. The molecule has 0 saturated heterocycles. The van der Waals surface area contributed by atoms with Crippen molar-refractivity contribution in [2.45, 2.75) is 5.54 Å². The molecule has 0 bridgehead atoms. The van der Waals surface area contributed by atoms with Gasteiger partial charge in [-0.2, -0.15) is 4.98 Å². The van der Waals surface area contributed by atoms with Gasteiger partial charge in [0, 0.05) is 6.20 Å². The van der Waals surface area contributed by atoms with Gasteiger partial charge in [0.05, 0.1) is 24.8 Å². The lowest BCUT2D eigenvalue weighted by atomic mass is 10.0. The Morgan fingerprint density at radius 1 is 1.22 bits per heavy atom. The maximum atomic E-state index is 9.19. The molecule has 0 spiro atoms. The normalized spacial score (nSPS) is 12.0. The predicted octanol–water partition coefficient (Wildman–Crippen LogP) is -0.490. The molecule has 0 saturated carbocycles. The van der Waals surface area contributed by atoms with Crippen molar-refractivity contribution in [3.05, 3.63) is 23.4 Å². The average molecular weight is 273 g/mol. The van der Waals surface area contributed by atoms with E-state index < -0.39 is 25.4 Å². The number of aliphatic hydroxyl groups is 3. The van der Waals surface area contributed by atoms with Crippen LogP contribution in [0.15, 0.2) is 18.3 Å². The summed E-state index contributed by atoms with van der Waals surface area (Å²) in [5.41, 5.74) is -0.695. The van der Waals surface area contributed by atoms with Gasteiger partial charge in [0.25, 0.3) is 0 Å². The zero-order valence-corrected chi connectivity index (χ0v) is 10.2. The second kappa shape index (κ2) is 5.07. The standard InChI is InChI=1S/C10H13ClN4O3/c11-7-1-2-8-12-9(14-15(8)3-7)13-10(4-16,5-17)6-18/h1-3,16-18H,4-6H2,(H,13,14). The Morgan fingerprint density at radius 3 is 2.50 bits per heavy atom. The molecular weight excluding hydrogens is 260 g/mol. The van der Waals surface area contributed by atoms with Crippen molar-refractivity contribution in [2.24, 2.45) is 0 Å². The van der Waals surface area contributed by atoms with Crippen LogP contribution in [0.1, 0.15) is 0 Å². The highest BCUT2D eigenvalue weighted by Crippen LogP contribution is 2.14. The first-order valence-corrected chi connectivity index (χ1v) is 5.63. The van der Waals surface area contributed by atoms with E-state index >= 15 is 0 Å². The van der Waals surface area contributed by atoms with Gasteiger partial charge in [0.2, 0.25) is 5.95 Å². The van der Waals surface area contributed by atoms with Crippen LogP contribution in [0.4, 0.5) is 5.95 Å². The lowest BCUT2D eigenvalue weighted by Gasteiger charge is -2.27. The SMILES string of the molecule is OCC(CO)(CO)Nc1nc2ccc(Cl)cn2n1. The Kier molecular flexibility index (Phi) is 3.67. The minimum atomic E-state index is -1.26. The Labute approximate surface area is 108 Å². The summed E-state index contributed by atoms with van der Waals surface area (Å²) in [5, 5.41) is 34.9. The molecule has 7 nitrogen and oxygen atoms in total. The van der Waals surface area contributed by atoms with Gasteiger partial charge in [-0.15, -0.1) is 5.10 Å². The number of pyridine rings is 1. The molecule has 0 aliphatic heterocycles. The minimum Gasteiger partial charge on any atom is -0.394 e. The number of hydrogen-bond donors (Lipinski definition) is 4. The molecule has 0 radical (unpaired) electrons. The quantitative estimate of drug-likeness (QED) is 0.586. The number of rotatable bonds is 5. The van der Waals surface area contributed by atoms with Gasteiger partial charge in [-0.25, -0.2) is 4.52 Å². The van der Waals surface area contributed by atoms with Crippen LogP contribution in [0.25, 0.3) is 5.65 Å². The van der Waals surface area contributed by atoms with Crippen LogP contribution >= 0.6 is 11.6 Å². The first-order valence-electron chi connectivity index (χ1n) is 5.25. The predicted molar refractivity (Wildman–Crippen MR) is 65.6 cm³/mol. The topological polar surface area (TPSA) is 103 Å². The fraction of sp³-hybridized carbons (Fsp3) is 0.400. The lowest BCUT2D eigenvalue weighted by Crippen LogP contribution is -2.49. The maximum absolute atomic E-state index is 9.19. The van der Waals surface area contributed by atoms with Gasteiger partial charge in [-0.05, 0) is 12.1 Å². The molecule has 0 aliphatic carbocycles. The molecular formula is C10H13ClN4O3. The van der Waals surface area contributed by atoms with E-state index in [-0.39, 0.29) is 5.95 Å². The molecule has 0 amide bonds. The largest absolute Gasteiger partial charge is 0.394 e. The Morgan fingerprint density at radius 2 is 1.89 bits per heavy atom. The number of nitrogens with one attached hydrogen (secondary N) is 1. The van der Waals surface area contributed by atoms with Crippen LogP contribution in [0.5, 0.6) is 0 Å². The van der Waals surface area contributed by atoms with Crippen LogP contribution in [0.3, 0.4) is 0 Å². The van der Waals surface area contributed by atoms with Gasteiger partial charge in [-0.1, -0.05) is 11.6 Å². The summed E-state index contributed by atoms with van der Waals surface area (Å²) in [4.78, 5) is 4.13. The molecule has 4 N–H and O–H groups in total. The highest BCUT2D eigenvalue weighted by Gasteiger charge is 2.29. The molecule has 8 heteroatoms. The zero-order chi connectivity index (χ0) is 13.2. The van der Waals surface area contributed by atoms with Gasteiger partial charge >= 0.3 is 0 Å². The number of anilines is 1. The molecule has 0 atom stereocenters. The summed E-state index contributed by atoms with van der Waals surface area (Å²) in [6.45, 7) is -1.34. The smallest absolute Gasteiger partial charge is 0.243 e. The van der Waals surface area contributed by atoms with E-state index in [1.165, 1.54) is 4.52 Å². The van der Waals surface area contributed by atoms with E-state index in [0.29, 0.717) is 10.7 Å². The van der Waals surface area contributed by atoms with Crippen molar-refractivity contribution < 1.29 is 15.3 Å². The van der Waals surface area contributed by atoms with E-state index in [2.05, 4.69) is 15.4 Å². The van der Waals surface area contributed by atoms with E-state index in [0.717, 1.165) is 0 Å². The monoisotopic (exact) mass is 272 g/mol. The van der Waals surface area contributed by atoms with Gasteiger partial charge in [0.15, 0.2) is 5.65 Å². The third-order valence-corrected chi connectivity index (χ3v) is 2.80. The number of hydrogen-bond acceptors (Lipinski definition) is 6. The maximum Gasteiger partial charge on any atom is 0.243 e. The minimum absolute atomic E-state index is 0.189. The van der Waals surface area contributed by atoms with Crippen molar-refractivity contribution in [1.29, 1.82) is 0 Å². The van der Waals surface area contributed by atoms with Crippen molar-refractivity contribution in [2.75, 3.05) is 25.1 Å². The van der Waals surface area contributed by atoms with Crippen LogP contribution < -0.4 is 5.32 Å². The fourth-order valence-corrected chi connectivity index (χ4v) is 1.57. The summed E-state index contributed by atoms with van der Waals surface area (Å²) in [5.74, 6) is 0.189. The fourth-order valence-electron chi connectivity index (χ4n) is 1.42. The van der Waals surface area contributed by atoms with Crippen molar-refractivity contribution in [3.8, 4) is 0 Å². The van der Waals surface area contributed by atoms with Crippen LogP contribution in [-0.2, 0) is 0 Å². The van der Waals surface area contributed by atoms with E-state index in [4.69, 9.17) is 11.6 Å². The summed E-state index contributed by atoms with van der Waals surface area (Å²) < 4.78 is 1.46. The Hall–Kier alpha value is -1.41. The number of fused-ring (bicyclic) bond motifs is 1. The highest BCUT2D eigenvalue weighted by molar-refractivity contribution is 6.30.